The second-order valence-corrected chi connectivity index (χ2v) is 7.64. The van der Waals surface area contributed by atoms with Crippen molar-refractivity contribution >= 4 is 11.8 Å². The van der Waals surface area contributed by atoms with E-state index in [9.17, 15) is 9.59 Å². The van der Waals surface area contributed by atoms with Crippen molar-refractivity contribution in [3.8, 4) is 5.88 Å². The van der Waals surface area contributed by atoms with E-state index >= 15 is 0 Å². The number of rotatable bonds is 5. The molecule has 1 aliphatic carbocycles. The molecule has 8 nitrogen and oxygen atoms in total. The number of hydrogen-bond acceptors (Lipinski definition) is 6. The summed E-state index contributed by atoms with van der Waals surface area (Å²) in [6.45, 7) is 2.95. The Bertz CT molecular complexity index is 678. The van der Waals surface area contributed by atoms with E-state index in [0.29, 0.717) is 32.2 Å². The van der Waals surface area contributed by atoms with Crippen LogP contribution in [0.25, 0.3) is 0 Å². The zero-order valence-corrected chi connectivity index (χ0v) is 15.0. The van der Waals surface area contributed by atoms with E-state index in [4.69, 9.17) is 14.0 Å². The molecule has 8 heteroatoms. The fourth-order valence-electron chi connectivity index (χ4n) is 4.07. The highest BCUT2D eigenvalue weighted by atomic mass is 16.5. The van der Waals surface area contributed by atoms with Gasteiger partial charge >= 0.3 is 0 Å². The Morgan fingerprint density at radius 3 is 2.81 bits per heavy atom. The second kappa shape index (κ2) is 6.90. The predicted octanol–water partition coefficient (Wildman–Crippen LogP) is 1.08. The number of amides is 2. The molecule has 26 heavy (non-hydrogen) atoms. The molecule has 0 radical (unpaired) electrons. The fourth-order valence-corrected chi connectivity index (χ4v) is 4.07. The highest BCUT2D eigenvalue weighted by Crippen LogP contribution is 2.45. The molecule has 0 aromatic carbocycles. The summed E-state index contributed by atoms with van der Waals surface area (Å²) in [4.78, 5) is 27.4. The molecule has 1 spiro atoms. The number of carbonyl (C=O) groups is 2. The van der Waals surface area contributed by atoms with Gasteiger partial charge in [0.15, 0.2) is 0 Å². The molecule has 1 saturated carbocycles. The molecule has 3 aliphatic rings. The van der Waals surface area contributed by atoms with Crippen LogP contribution in [-0.2, 0) is 9.53 Å². The summed E-state index contributed by atoms with van der Waals surface area (Å²) in [7, 11) is 1.47. The molecule has 2 aliphatic heterocycles. The minimum Gasteiger partial charge on any atom is -0.479 e. The van der Waals surface area contributed by atoms with Crippen LogP contribution in [0.15, 0.2) is 10.6 Å². The van der Waals surface area contributed by atoms with Crippen molar-refractivity contribution in [1.82, 2.24) is 15.4 Å². The Labute approximate surface area is 152 Å². The lowest BCUT2D eigenvalue weighted by atomic mass is 9.71. The minimum atomic E-state index is -0.246. The van der Waals surface area contributed by atoms with Crippen LogP contribution in [0.5, 0.6) is 5.88 Å². The standard InChI is InChI=1S/C18H25N3O5/c1-24-15-8-14(26-20-15)17(23)21-10-13(16(22)19-9-12-2-3-12)18(11-21)4-6-25-7-5-18/h8,12-13H,2-7,9-11H2,1H3,(H,19,22). The topological polar surface area (TPSA) is 93.9 Å². The number of nitrogens with one attached hydrogen (secondary N) is 1. The normalized spacial score (nSPS) is 24.7. The molecule has 3 fully saturated rings. The van der Waals surface area contributed by atoms with Gasteiger partial charge in [0.2, 0.25) is 11.7 Å². The summed E-state index contributed by atoms with van der Waals surface area (Å²) >= 11 is 0. The van der Waals surface area contributed by atoms with Crippen molar-refractivity contribution in [3.63, 3.8) is 0 Å². The molecule has 2 saturated heterocycles. The van der Waals surface area contributed by atoms with E-state index in [1.165, 1.54) is 26.0 Å². The molecular weight excluding hydrogens is 338 g/mol. The van der Waals surface area contributed by atoms with E-state index in [-0.39, 0.29) is 34.8 Å². The van der Waals surface area contributed by atoms with Crippen LogP contribution in [0.4, 0.5) is 0 Å². The first-order valence-electron chi connectivity index (χ1n) is 9.27. The Kier molecular flexibility index (Phi) is 4.60. The molecule has 2 amide bonds. The van der Waals surface area contributed by atoms with Crippen LogP contribution in [0.3, 0.4) is 0 Å². The van der Waals surface area contributed by atoms with Crippen LogP contribution in [-0.4, -0.2) is 61.8 Å². The Morgan fingerprint density at radius 2 is 2.15 bits per heavy atom. The van der Waals surface area contributed by atoms with E-state index in [1.54, 1.807) is 4.90 Å². The molecule has 1 N–H and O–H groups in total. The number of ether oxygens (including phenoxy) is 2. The zero-order chi connectivity index (χ0) is 18.1. The van der Waals surface area contributed by atoms with E-state index in [2.05, 4.69) is 10.5 Å². The van der Waals surface area contributed by atoms with Crippen LogP contribution in [0.2, 0.25) is 0 Å². The SMILES string of the molecule is COc1cc(C(=O)N2CC(C(=O)NCC3CC3)C3(CCOCC3)C2)on1. The van der Waals surface area contributed by atoms with Gasteiger partial charge in [0, 0.05) is 38.3 Å². The van der Waals surface area contributed by atoms with Gasteiger partial charge in [-0.05, 0) is 36.8 Å². The summed E-state index contributed by atoms with van der Waals surface area (Å²) in [6, 6.07) is 1.49. The van der Waals surface area contributed by atoms with Gasteiger partial charge in [-0.15, -0.1) is 0 Å². The van der Waals surface area contributed by atoms with Gasteiger partial charge in [-0.3, -0.25) is 9.59 Å². The van der Waals surface area contributed by atoms with Gasteiger partial charge in [-0.1, -0.05) is 0 Å². The third-order valence-electron chi connectivity index (χ3n) is 5.91. The Balaban J connectivity index is 1.50. The molecule has 4 rings (SSSR count). The average Bonchev–Trinajstić information content (AvgIpc) is 3.24. The lowest BCUT2D eigenvalue weighted by Gasteiger charge is -2.37. The quantitative estimate of drug-likeness (QED) is 0.841. The third kappa shape index (κ3) is 3.30. The van der Waals surface area contributed by atoms with Crippen molar-refractivity contribution in [2.75, 3.05) is 40.0 Å². The average molecular weight is 363 g/mol. The maximum atomic E-state index is 12.9. The zero-order valence-electron chi connectivity index (χ0n) is 15.0. The van der Waals surface area contributed by atoms with Crippen LogP contribution in [0, 0.1) is 17.3 Å². The van der Waals surface area contributed by atoms with Crippen molar-refractivity contribution in [2.24, 2.45) is 17.3 Å². The third-order valence-corrected chi connectivity index (χ3v) is 5.91. The van der Waals surface area contributed by atoms with Gasteiger partial charge in [0.1, 0.15) is 0 Å². The number of carbonyl (C=O) groups excluding carboxylic acids is 2. The fraction of sp³-hybridized carbons (Fsp3) is 0.722. The predicted molar refractivity (Wildman–Crippen MR) is 90.7 cm³/mol. The molecule has 1 aromatic heterocycles. The number of aromatic nitrogens is 1. The highest BCUT2D eigenvalue weighted by Gasteiger charge is 2.52. The minimum absolute atomic E-state index is 0.0595. The van der Waals surface area contributed by atoms with Crippen LogP contribution in [0.1, 0.15) is 36.2 Å². The molecule has 1 unspecified atom stereocenters. The maximum Gasteiger partial charge on any atom is 0.292 e. The molecule has 1 atom stereocenters. The number of hydrogen-bond donors (Lipinski definition) is 1. The van der Waals surface area contributed by atoms with Crippen molar-refractivity contribution in [2.45, 2.75) is 25.7 Å². The van der Waals surface area contributed by atoms with Crippen molar-refractivity contribution in [3.05, 3.63) is 11.8 Å². The van der Waals surface area contributed by atoms with Gasteiger partial charge in [0.25, 0.3) is 11.8 Å². The maximum absolute atomic E-state index is 12.9. The van der Waals surface area contributed by atoms with Gasteiger partial charge in [0.05, 0.1) is 19.1 Å². The smallest absolute Gasteiger partial charge is 0.292 e. The highest BCUT2D eigenvalue weighted by molar-refractivity contribution is 5.93. The molecule has 142 valence electrons. The van der Waals surface area contributed by atoms with E-state index in [0.717, 1.165) is 19.4 Å². The molecular formula is C18H25N3O5. The second-order valence-electron chi connectivity index (χ2n) is 7.64. The molecule has 1 aromatic rings. The van der Waals surface area contributed by atoms with E-state index in [1.807, 2.05) is 0 Å². The molecule has 3 heterocycles. The lowest BCUT2D eigenvalue weighted by Crippen LogP contribution is -2.44. The van der Waals surface area contributed by atoms with Crippen molar-refractivity contribution in [1.29, 1.82) is 0 Å². The first-order chi connectivity index (χ1) is 12.6. The monoisotopic (exact) mass is 363 g/mol. The first-order valence-corrected chi connectivity index (χ1v) is 9.27. The molecule has 0 bridgehead atoms. The summed E-state index contributed by atoms with van der Waals surface area (Å²) in [6.07, 6.45) is 3.97. The summed E-state index contributed by atoms with van der Waals surface area (Å²) in [5, 5.41) is 6.79. The Hall–Kier alpha value is -2.09. The first kappa shape index (κ1) is 17.3. The van der Waals surface area contributed by atoms with Gasteiger partial charge < -0.3 is 24.2 Å². The van der Waals surface area contributed by atoms with Gasteiger partial charge in [-0.25, -0.2) is 0 Å². The van der Waals surface area contributed by atoms with Gasteiger partial charge in [-0.2, -0.15) is 0 Å². The summed E-state index contributed by atoms with van der Waals surface area (Å²) in [5.74, 6) is 0.646. The lowest BCUT2D eigenvalue weighted by molar-refractivity contribution is -0.129. The van der Waals surface area contributed by atoms with E-state index < -0.39 is 0 Å². The summed E-state index contributed by atoms with van der Waals surface area (Å²) in [5.41, 5.74) is -0.217. The number of likely N-dealkylation sites (tertiary alicyclic amines) is 1. The number of methoxy groups -OCH3 is 1. The van der Waals surface area contributed by atoms with Crippen LogP contribution >= 0.6 is 0 Å². The van der Waals surface area contributed by atoms with Crippen LogP contribution < -0.4 is 10.1 Å². The van der Waals surface area contributed by atoms with Crippen molar-refractivity contribution < 1.29 is 23.6 Å². The largest absolute Gasteiger partial charge is 0.479 e. The summed E-state index contributed by atoms with van der Waals surface area (Å²) < 4.78 is 15.6. The number of nitrogens with zero attached hydrogens (tertiary/aromatic N) is 2. The Morgan fingerprint density at radius 1 is 1.38 bits per heavy atom.